The summed E-state index contributed by atoms with van der Waals surface area (Å²) in [7, 11) is 0. The zero-order valence-corrected chi connectivity index (χ0v) is 18.5. The number of carbonyl (C=O) groups is 3. The largest absolute Gasteiger partial charge is 0.478 e. The molecule has 0 aromatic rings. The van der Waals surface area contributed by atoms with Crippen molar-refractivity contribution in [1.82, 2.24) is 0 Å². The molecule has 1 aliphatic carbocycles. The standard InChI is InChI=1S/C8H11.3C4H6O2.Ti/c1-6-4-5-7(2)8(6)3;3*1-3(2)4(5)6;/h4H2,1-3H3;3*1H2,2H3,(H,5,6);/q-1;;;;. The van der Waals surface area contributed by atoms with Crippen molar-refractivity contribution in [2.75, 3.05) is 0 Å². The van der Waals surface area contributed by atoms with Gasteiger partial charge in [-0.05, 0) is 20.8 Å². The van der Waals surface area contributed by atoms with E-state index in [-0.39, 0.29) is 38.4 Å². The van der Waals surface area contributed by atoms with Crippen molar-refractivity contribution in [3.8, 4) is 0 Å². The number of carboxylic acid groups (broad SMARTS) is 3. The predicted molar refractivity (Wildman–Crippen MR) is 103 cm³/mol. The number of hydrogen-bond donors (Lipinski definition) is 3. The van der Waals surface area contributed by atoms with E-state index in [2.05, 4.69) is 46.6 Å². The van der Waals surface area contributed by atoms with Crippen LogP contribution in [-0.2, 0) is 36.1 Å². The summed E-state index contributed by atoms with van der Waals surface area (Å²) in [5.74, 6) is -2.81. The average molecular weight is 413 g/mol. The molecule has 1 rings (SSSR count). The van der Waals surface area contributed by atoms with Gasteiger partial charge in [0.25, 0.3) is 0 Å². The van der Waals surface area contributed by atoms with Gasteiger partial charge >= 0.3 is 17.9 Å². The number of allylic oxidation sites excluding steroid dienone is 4. The van der Waals surface area contributed by atoms with Crippen LogP contribution in [0.3, 0.4) is 0 Å². The van der Waals surface area contributed by atoms with E-state index < -0.39 is 17.9 Å². The Morgan fingerprint density at radius 1 is 0.778 bits per heavy atom. The van der Waals surface area contributed by atoms with Crippen LogP contribution in [0.1, 0.15) is 48.0 Å². The van der Waals surface area contributed by atoms with Crippen LogP contribution in [0.25, 0.3) is 0 Å². The molecule has 0 unspecified atom stereocenters. The molecule has 0 fully saturated rings. The molecular formula is C20H29O6Ti-. The van der Waals surface area contributed by atoms with E-state index in [0.717, 1.165) is 6.42 Å². The molecule has 0 aliphatic heterocycles. The first kappa shape index (κ1) is 32.5. The second-order valence-corrected chi connectivity index (χ2v) is 5.64. The Morgan fingerprint density at radius 3 is 1.04 bits per heavy atom. The average Bonchev–Trinajstić information content (AvgIpc) is 2.80. The molecule has 0 saturated carbocycles. The van der Waals surface area contributed by atoms with E-state index in [1.54, 1.807) is 0 Å². The smallest absolute Gasteiger partial charge is 0.330 e. The van der Waals surface area contributed by atoms with E-state index in [0.29, 0.717) is 0 Å². The Kier molecular flexibility index (Phi) is 20.8. The maximum absolute atomic E-state index is 9.60. The van der Waals surface area contributed by atoms with Gasteiger partial charge in [-0.25, -0.2) is 20.0 Å². The topological polar surface area (TPSA) is 112 Å². The summed E-state index contributed by atoms with van der Waals surface area (Å²) in [4.78, 5) is 28.8. The third-order valence-electron chi connectivity index (χ3n) is 2.92. The monoisotopic (exact) mass is 413 g/mol. The predicted octanol–water partition coefficient (Wildman–Crippen LogP) is 4.41. The van der Waals surface area contributed by atoms with Gasteiger partial charge in [0.15, 0.2) is 0 Å². The second-order valence-electron chi connectivity index (χ2n) is 5.64. The van der Waals surface area contributed by atoms with Crippen LogP contribution in [0.2, 0.25) is 0 Å². The molecule has 27 heavy (non-hydrogen) atoms. The molecule has 0 spiro atoms. The molecule has 1 aliphatic rings. The Hall–Kier alpha value is -2.18. The fourth-order valence-electron chi connectivity index (χ4n) is 0.850. The van der Waals surface area contributed by atoms with E-state index in [1.165, 1.54) is 37.5 Å². The SMILES string of the molecule is C=C(C)C(=O)O.C=C(C)C(=O)O.C=C(C)C(=O)O.CC1=[C-]CC(C)=C1C.[Ti]. The van der Waals surface area contributed by atoms with Gasteiger partial charge in [-0.1, -0.05) is 33.6 Å². The van der Waals surface area contributed by atoms with Gasteiger partial charge in [0.1, 0.15) is 0 Å². The maximum Gasteiger partial charge on any atom is 0.330 e. The van der Waals surface area contributed by atoms with Crippen molar-refractivity contribution in [2.45, 2.75) is 48.0 Å². The van der Waals surface area contributed by atoms with E-state index in [1.807, 2.05) is 0 Å². The summed E-state index contributed by atoms with van der Waals surface area (Å²) in [5.41, 5.74) is 4.77. The molecule has 0 amide bonds. The molecule has 0 heterocycles. The summed E-state index contributed by atoms with van der Waals surface area (Å²) in [6, 6.07) is 0. The van der Waals surface area contributed by atoms with Crippen LogP contribution in [0.5, 0.6) is 0 Å². The minimum Gasteiger partial charge on any atom is -0.478 e. The molecule has 0 atom stereocenters. The van der Waals surface area contributed by atoms with Gasteiger partial charge in [0.2, 0.25) is 0 Å². The first-order valence-corrected chi connectivity index (χ1v) is 7.55. The van der Waals surface area contributed by atoms with Gasteiger partial charge in [-0.3, -0.25) is 6.08 Å². The Morgan fingerprint density at radius 2 is 1.00 bits per heavy atom. The number of aliphatic carboxylic acids is 3. The van der Waals surface area contributed by atoms with Crippen molar-refractivity contribution < 1.29 is 51.4 Å². The number of rotatable bonds is 3. The third kappa shape index (κ3) is 21.8. The summed E-state index contributed by atoms with van der Waals surface area (Å²) in [6.07, 6.45) is 4.31. The van der Waals surface area contributed by atoms with Crippen molar-refractivity contribution in [3.05, 3.63) is 59.3 Å². The summed E-state index contributed by atoms with van der Waals surface area (Å²) < 4.78 is 0. The summed E-state index contributed by atoms with van der Waals surface area (Å²) >= 11 is 0. The van der Waals surface area contributed by atoms with Crippen molar-refractivity contribution in [1.29, 1.82) is 0 Å². The van der Waals surface area contributed by atoms with Crippen LogP contribution in [0, 0.1) is 6.08 Å². The minimum atomic E-state index is -0.935. The molecule has 0 radical (unpaired) electrons. The summed E-state index contributed by atoms with van der Waals surface area (Å²) in [5, 5.41) is 23.7. The molecule has 0 aromatic heterocycles. The van der Waals surface area contributed by atoms with E-state index >= 15 is 0 Å². The van der Waals surface area contributed by atoms with Gasteiger partial charge < -0.3 is 15.3 Å². The van der Waals surface area contributed by atoms with E-state index in [9.17, 15) is 14.4 Å². The summed E-state index contributed by atoms with van der Waals surface area (Å²) in [6.45, 7) is 20.2. The van der Waals surface area contributed by atoms with Gasteiger partial charge in [-0.2, -0.15) is 11.1 Å². The first-order chi connectivity index (χ1) is 11.6. The van der Waals surface area contributed by atoms with Crippen molar-refractivity contribution in [2.24, 2.45) is 0 Å². The zero-order valence-electron chi connectivity index (χ0n) is 16.9. The van der Waals surface area contributed by atoms with Crippen LogP contribution >= 0.6 is 0 Å². The normalized spacial score (nSPS) is 10.8. The van der Waals surface area contributed by atoms with Crippen molar-refractivity contribution >= 4 is 17.9 Å². The molecule has 7 heteroatoms. The van der Waals surface area contributed by atoms with Gasteiger partial charge in [-0.15, -0.1) is 13.3 Å². The first-order valence-electron chi connectivity index (χ1n) is 7.55. The molecule has 3 N–H and O–H groups in total. The second kappa shape index (κ2) is 17.2. The maximum atomic E-state index is 9.60. The van der Waals surface area contributed by atoms with Crippen LogP contribution in [0.4, 0.5) is 0 Å². The van der Waals surface area contributed by atoms with Crippen LogP contribution in [0.15, 0.2) is 53.2 Å². The van der Waals surface area contributed by atoms with E-state index in [4.69, 9.17) is 15.3 Å². The minimum absolute atomic E-state index is 0. The van der Waals surface area contributed by atoms with Gasteiger partial charge in [0.05, 0.1) is 0 Å². The quantitative estimate of drug-likeness (QED) is 0.359. The number of carboxylic acids is 3. The third-order valence-corrected chi connectivity index (χ3v) is 2.92. The Bertz CT molecular complexity index is 540. The molecular weight excluding hydrogens is 384 g/mol. The van der Waals surface area contributed by atoms with Crippen LogP contribution in [-0.4, -0.2) is 33.2 Å². The fourth-order valence-corrected chi connectivity index (χ4v) is 0.850. The molecule has 6 nitrogen and oxygen atoms in total. The molecule has 0 aromatic carbocycles. The van der Waals surface area contributed by atoms with Gasteiger partial charge in [0, 0.05) is 38.4 Å². The van der Waals surface area contributed by atoms with Crippen molar-refractivity contribution in [3.63, 3.8) is 0 Å². The molecule has 150 valence electrons. The fraction of sp³-hybridized carbons (Fsp3) is 0.350. The molecule has 0 saturated heterocycles. The zero-order chi connectivity index (χ0) is 21.6. The number of hydrogen-bond acceptors (Lipinski definition) is 3. The molecule has 0 bridgehead atoms. The Labute approximate surface area is 176 Å². The Balaban J connectivity index is -0.000000131. The van der Waals surface area contributed by atoms with Crippen LogP contribution < -0.4 is 0 Å².